The van der Waals surface area contributed by atoms with Crippen LogP contribution in [0.3, 0.4) is 0 Å². The summed E-state index contributed by atoms with van der Waals surface area (Å²) < 4.78 is 11.3. The zero-order valence-corrected chi connectivity index (χ0v) is 17.5. The quantitative estimate of drug-likeness (QED) is 0.653. The molecule has 1 amide bonds. The predicted molar refractivity (Wildman–Crippen MR) is 120 cm³/mol. The number of amides is 1. The van der Waals surface area contributed by atoms with Crippen molar-refractivity contribution in [2.75, 3.05) is 54.5 Å². The van der Waals surface area contributed by atoms with Crippen molar-refractivity contribution in [2.24, 2.45) is 0 Å². The number of nitrogens with zero attached hydrogens (tertiary/aromatic N) is 3. The molecule has 162 valence electrons. The van der Waals surface area contributed by atoms with E-state index in [1.165, 1.54) is 6.42 Å². The Morgan fingerprint density at radius 3 is 2.61 bits per heavy atom. The first-order chi connectivity index (χ1) is 15.3. The van der Waals surface area contributed by atoms with Crippen molar-refractivity contribution in [2.45, 2.75) is 19.3 Å². The van der Waals surface area contributed by atoms with Crippen molar-refractivity contribution < 1.29 is 13.9 Å². The number of morpholine rings is 1. The van der Waals surface area contributed by atoms with Crippen LogP contribution in [-0.2, 0) is 4.74 Å². The molecule has 8 nitrogen and oxygen atoms in total. The molecule has 2 N–H and O–H groups in total. The Kier molecular flexibility index (Phi) is 5.62. The number of nitrogens with one attached hydrogen (secondary N) is 2. The summed E-state index contributed by atoms with van der Waals surface area (Å²) in [7, 11) is 0. The minimum atomic E-state index is -0.257. The highest BCUT2D eigenvalue weighted by Gasteiger charge is 2.24. The molecule has 5 rings (SSSR count). The van der Waals surface area contributed by atoms with Crippen molar-refractivity contribution in [3.8, 4) is 11.3 Å². The molecule has 0 aliphatic carbocycles. The minimum absolute atomic E-state index is 0.257. The Morgan fingerprint density at radius 2 is 1.84 bits per heavy atom. The Morgan fingerprint density at radius 1 is 1.00 bits per heavy atom. The van der Waals surface area contributed by atoms with Crippen LogP contribution in [0.15, 0.2) is 47.1 Å². The van der Waals surface area contributed by atoms with E-state index >= 15 is 0 Å². The van der Waals surface area contributed by atoms with Crippen LogP contribution >= 0.6 is 0 Å². The number of hydrogen-bond acceptors (Lipinski definition) is 6. The fourth-order valence-electron chi connectivity index (χ4n) is 4.33. The molecule has 2 aliphatic heterocycles. The molecule has 0 radical (unpaired) electrons. The molecule has 8 heteroatoms. The first-order valence-electron chi connectivity index (χ1n) is 10.9. The number of aromatic nitrogens is 2. The average Bonchev–Trinajstić information content (AvgIpc) is 3.52. The number of rotatable bonds is 5. The molecule has 31 heavy (non-hydrogen) atoms. The molecule has 1 aromatic carbocycles. The van der Waals surface area contributed by atoms with Gasteiger partial charge in [0.1, 0.15) is 5.76 Å². The summed E-state index contributed by atoms with van der Waals surface area (Å²) in [6.45, 7) is 5.14. The van der Waals surface area contributed by atoms with Gasteiger partial charge < -0.3 is 24.3 Å². The third-order valence-electron chi connectivity index (χ3n) is 5.90. The highest BCUT2D eigenvalue weighted by molar-refractivity contribution is 6.05. The second kappa shape index (κ2) is 8.85. The van der Waals surface area contributed by atoms with Crippen LogP contribution in [0.2, 0.25) is 0 Å². The zero-order chi connectivity index (χ0) is 21.0. The fourth-order valence-corrected chi connectivity index (χ4v) is 4.33. The van der Waals surface area contributed by atoms with Gasteiger partial charge in [0.05, 0.1) is 42.0 Å². The van der Waals surface area contributed by atoms with Gasteiger partial charge in [-0.05, 0) is 43.5 Å². The third kappa shape index (κ3) is 4.16. The van der Waals surface area contributed by atoms with Gasteiger partial charge in [0.2, 0.25) is 0 Å². The summed E-state index contributed by atoms with van der Waals surface area (Å²) in [6.07, 6.45) is 6.98. The lowest BCUT2D eigenvalue weighted by atomic mass is 10.1. The van der Waals surface area contributed by atoms with Gasteiger partial charge in [0.25, 0.3) is 5.91 Å². The number of furan rings is 1. The SMILES string of the molecule is O=C(Nc1cccc(N2CCOCC2)c1N1CCCCC1)c1ccc(-c2cn[nH]c2)o1. The molecule has 0 atom stereocenters. The van der Waals surface area contributed by atoms with E-state index in [-0.39, 0.29) is 11.7 Å². The lowest BCUT2D eigenvalue weighted by molar-refractivity contribution is 0.0997. The van der Waals surface area contributed by atoms with Gasteiger partial charge in [0.15, 0.2) is 5.76 Å². The number of hydrogen-bond donors (Lipinski definition) is 2. The molecule has 2 fully saturated rings. The van der Waals surface area contributed by atoms with Crippen LogP contribution in [0, 0.1) is 0 Å². The van der Waals surface area contributed by atoms with Crippen molar-refractivity contribution in [3.63, 3.8) is 0 Å². The van der Waals surface area contributed by atoms with Crippen molar-refractivity contribution in [1.82, 2.24) is 10.2 Å². The Labute approximate surface area is 181 Å². The summed E-state index contributed by atoms with van der Waals surface area (Å²) in [4.78, 5) is 17.8. The zero-order valence-electron chi connectivity index (χ0n) is 17.5. The van der Waals surface area contributed by atoms with Crippen molar-refractivity contribution in [1.29, 1.82) is 0 Å². The number of benzene rings is 1. The molecule has 3 aromatic rings. The van der Waals surface area contributed by atoms with Gasteiger partial charge in [-0.2, -0.15) is 5.10 Å². The molecule has 4 heterocycles. The summed E-state index contributed by atoms with van der Waals surface area (Å²) >= 11 is 0. The topological polar surface area (TPSA) is 86.6 Å². The Balaban J connectivity index is 1.44. The van der Waals surface area contributed by atoms with E-state index in [1.807, 2.05) is 12.1 Å². The number of piperidine rings is 1. The molecule has 0 unspecified atom stereocenters. The molecular weight excluding hydrogens is 394 g/mol. The Hall–Kier alpha value is -3.26. The van der Waals surface area contributed by atoms with E-state index in [4.69, 9.17) is 9.15 Å². The van der Waals surface area contributed by atoms with Crippen molar-refractivity contribution in [3.05, 3.63) is 48.5 Å². The molecule has 0 saturated carbocycles. The summed E-state index contributed by atoms with van der Waals surface area (Å²) in [5.74, 6) is 0.627. The first kappa shape index (κ1) is 19.7. The Bertz CT molecular complexity index is 1020. The van der Waals surface area contributed by atoms with E-state index in [0.29, 0.717) is 5.76 Å². The highest BCUT2D eigenvalue weighted by Crippen LogP contribution is 2.39. The van der Waals surface area contributed by atoms with E-state index in [1.54, 1.807) is 24.5 Å². The second-order valence-corrected chi connectivity index (χ2v) is 7.93. The lowest BCUT2D eigenvalue weighted by Gasteiger charge is -2.37. The van der Waals surface area contributed by atoms with Gasteiger partial charge in [-0.3, -0.25) is 9.89 Å². The van der Waals surface area contributed by atoms with Crippen LogP contribution < -0.4 is 15.1 Å². The van der Waals surface area contributed by atoms with Gasteiger partial charge in [-0.15, -0.1) is 0 Å². The maximum atomic E-state index is 13.0. The predicted octanol–water partition coefficient (Wildman–Crippen LogP) is 3.75. The lowest BCUT2D eigenvalue weighted by Crippen LogP contribution is -2.38. The molecule has 0 spiro atoms. The van der Waals surface area contributed by atoms with Gasteiger partial charge in [0, 0.05) is 32.4 Å². The van der Waals surface area contributed by atoms with E-state index in [0.717, 1.165) is 74.9 Å². The molecular formula is C23H27N5O3. The smallest absolute Gasteiger partial charge is 0.291 e. The second-order valence-electron chi connectivity index (χ2n) is 7.93. The van der Waals surface area contributed by atoms with Crippen LogP contribution in [0.4, 0.5) is 17.1 Å². The molecule has 0 bridgehead atoms. The monoisotopic (exact) mass is 421 g/mol. The average molecular weight is 422 g/mol. The number of para-hydroxylation sites is 1. The van der Waals surface area contributed by atoms with Crippen LogP contribution in [-0.4, -0.2) is 55.5 Å². The number of carbonyl (C=O) groups is 1. The number of carbonyl (C=O) groups excluding carboxylic acids is 1. The molecule has 2 saturated heterocycles. The number of ether oxygens (including phenoxy) is 1. The number of aromatic amines is 1. The van der Waals surface area contributed by atoms with Crippen LogP contribution in [0.25, 0.3) is 11.3 Å². The molecule has 2 aliphatic rings. The van der Waals surface area contributed by atoms with Gasteiger partial charge >= 0.3 is 0 Å². The minimum Gasteiger partial charge on any atom is -0.451 e. The first-order valence-corrected chi connectivity index (χ1v) is 10.9. The summed E-state index contributed by atoms with van der Waals surface area (Å²) in [5, 5.41) is 9.80. The molecule has 2 aromatic heterocycles. The van der Waals surface area contributed by atoms with E-state index in [2.05, 4.69) is 31.4 Å². The van der Waals surface area contributed by atoms with E-state index in [9.17, 15) is 4.79 Å². The standard InChI is InChI=1S/C23H27N5O3/c29-23(21-8-7-20(31-21)17-15-24-25-16-17)26-18-5-4-6-19(27-11-13-30-14-12-27)22(18)28-9-2-1-3-10-28/h4-8,15-16H,1-3,9-14H2,(H,24,25)(H,26,29). The summed E-state index contributed by atoms with van der Waals surface area (Å²) in [6, 6.07) is 9.62. The third-order valence-corrected chi connectivity index (χ3v) is 5.90. The largest absolute Gasteiger partial charge is 0.451 e. The normalized spacial score (nSPS) is 17.0. The van der Waals surface area contributed by atoms with Crippen molar-refractivity contribution >= 4 is 23.0 Å². The van der Waals surface area contributed by atoms with Crippen LogP contribution in [0.5, 0.6) is 0 Å². The number of anilines is 3. The maximum Gasteiger partial charge on any atom is 0.291 e. The van der Waals surface area contributed by atoms with E-state index < -0.39 is 0 Å². The van der Waals surface area contributed by atoms with Gasteiger partial charge in [-0.1, -0.05) is 6.07 Å². The number of H-pyrrole nitrogens is 1. The van der Waals surface area contributed by atoms with Crippen LogP contribution in [0.1, 0.15) is 29.8 Å². The van der Waals surface area contributed by atoms with Gasteiger partial charge in [-0.25, -0.2) is 0 Å². The summed E-state index contributed by atoms with van der Waals surface area (Å²) in [5.41, 5.74) is 3.88. The fraction of sp³-hybridized carbons (Fsp3) is 0.391. The highest BCUT2D eigenvalue weighted by atomic mass is 16.5. The maximum absolute atomic E-state index is 13.0.